The fraction of sp³-hybridized carbons (Fsp3) is 0.188. The zero-order valence-corrected chi connectivity index (χ0v) is 14.5. The Morgan fingerprint density at radius 2 is 1.96 bits per heavy atom. The maximum Gasteiger partial charge on any atom is 0.260 e. The Labute approximate surface area is 146 Å². The highest BCUT2D eigenvalue weighted by Crippen LogP contribution is 2.29. The molecule has 3 aromatic heterocycles. The van der Waals surface area contributed by atoms with E-state index in [1.54, 1.807) is 4.90 Å². The number of rotatable bonds is 3. The molecule has 3 N–H and O–H groups in total. The maximum absolute atomic E-state index is 12.5. The number of nitrogens with one attached hydrogen (secondary N) is 1. The number of anilines is 2. The summed E-state index contributed by atoms with van der Waals surface area (Å²) in [6, 6.07) is 7.78. The van der Waals surface area contributed by atoms with Gasteiger partial charge >= 0.3 is 0 Å². The average molecular weight is 353 g/mol. The van der Waals surface area contributed by atoms with Crippen molar-refractivity contribution in [3.63, 3.8) is 0 Å². The first-order valence-corrected chi connectivity index (χ1v) is 8.41. The van der Waals surface area contributed by atoms with Crippen molar-refractivity contribution in [3.8, 4) is 0 Å². The molecule has 0 radical (unpaired) electrons. The Morgan fingerprint density at radius 1 is 1.16 bits per heavy atom. The number of fused-ring (bicyclic) bond motifs is 3. The molecule has 0 bridgehead atoms. The highest BCUT2D eigenvalue weighted by molar-refractivity contribution is 7.25. The maximum atomic E-state index is 12.5. The second kappa shape index (κ2) is 5.78. The third-order valence-corrected chi connectivity index (χ3v) is 4.78. The lowest BCUT2D eigenvalue weighted by atomic mass is 10.2. The topological polar surface area (TPSA) is 114 Å². The van der Waals surface area contributed by atoms with E-state index in [0.29, 0.717) is 27.8 Å². The highest BCUT2D eigenvalue weighted by Gasteiger charge is 2.13. The molecule has 0 aliphatic rings. The van der Waals surface area contributed by atoms with Gasteiger partial charge in [-0.25, -0.2) is 4.98 Å². The quantitative estimate of drug-likeness (QED) is 0.574. The van der Waals surface area contributed by atoms with Gasteiger partial charge in [-0.1, -0.05) is 18.2 Å². The molecule has 25 heavy (non-hydrogen) atoms. The van der Waals surface area contributed by atoms with Crippen LogP contribution in [-0.2, 0) is 6.42 Å². The van der Waals surface area contributed by atoms with Crippen molar-refractivity contribution in [1.82, 2.24) is 24.9 Å². The van der Waals surface area contributed by atoms with E-state index >= 15 is 0 Å². The lowest BCUT2D eigenvalue weighted by Gasteiger charge is -2.11. The first-order valence-electron chi connectivity index (χ1n) is 7.59. The van der Waals surface area contributed by atoms with Crippen LogP contribution >= 0.6 is 11.3 Å². The van der Waals surface area contributed by atoms with Crippen LogP contribution in [0.2, 0.25) is 0 Å². The standard InChI is InChI=1S/C16H15N7OS/c1-23(2)16-21-11(20-15(17)22-16)7-10-18-13(24)12-8-5-3-4-6-9(8)25-14(12)19-10/h3-6H,7H2,1-2H3,(H,18,19,24)(H2,17,20,21,22). The van der Waals surface area contributed by atoms with Gasteiger partial charge in [-0.3, -0.25) is 4.79 Å². The molecular weight excluding hydrogens is 338 g/mol. The number of nitrogens with two attached hydrogens (primary N) is 1. The van der Waals surface area contributed by atoms with Crippen LogP contribution in [0.4, 0.5) is 11.9 Å². The van der Waals surface area contributed by atoms with Gasteiger partial charge in [-0.05, 0) is 6.07 Å². The van der Waals surface area contributed by atoms with Crippen molar-refractivity contribution in [2.75, 3.05) is 24.7 Å². The van der Waals surface area contributed by atoms with E-state index < -0.39 is 0 Å². The number of nitrogens with zero attached hydrogens (tertiary/aromatic N) is 5. The number of nitrogen functional groups attached to an aromatic ring is 1. The molecule has 9 heteroatoms. The van der Waals surface area contributed by atoms with Crippen LogP contribution in [-0.4, -0.2) is 39.0 Å². The Hall–Kier alpha value is -3.07. The van der Waals surface area contributed by atoms with Crippen molar-refractivity contribution in [3.05, 3.63) is 46.3 Å². The summed E-state index contributed by atoms with van der Waals surface area (Å²) in [4.78, 5) is 34.9. The zero-order chi connectivity index (χ0) is 17.6. The van der Waals surface area contributed by atoms with Gasteiger partial charge in [0.2, 0.25) is 11.9 Å². The molecule has 4 rings (SSSR count). The van der Waals surface area contributed by atoms with Gasteiger partial charge < -0.3 is 15.6 Å². The monoisotopic (exact) mass is 353 g/mol. The zero-order valence-electron chi connectivity index (χ0n) is 13.6. The SMILES string of the molecule is CN(C)c1nc(N)nc(Cc2nc3sc4ccccc4c3c(=O)[nH]2)n1. The third kappa shape index (κ3) is 2.78. The van der Waals surface area contributed by atoms with Crippen molar-refractivity contribution in [2.24, 2.45) is 0 Å². The van der Waals surface area contributed by atoms with Crippen molar-refractivity contribution >= 4 is 43.5 Å². The number of H-pyrrole nitrogens is 1. The summed E-state index contributed by atoms with van der Waals surface area (Å²) in [6.45, 7) is 0. The Kier molecular flexibility index (Phi) is 3.57. The van der Waals surface area contributed by atoms with Crippen molar-refractivity contribution < 1.29 is 0 Å². The minimum absolute atomic E-state index is 0.138. The summed E-state index contributed by atoms with van der Waals surface area (Å²) < 4.78 is 1.03. The fourth-order valence-corrected chi connectivity index (χ4v) is 3.71. The lowest BCUT2D eigenvalue weighted by molar-refractivity contribution is 0.856. The molecule has 1 aromatic carbocycles. The molecule has 126 valence electrons. The van der Waals surface area contributed by atoms with E-state index in [1.165, 1.54) is 11.3 Å². The third-order valence-electron chi connectivity index (χ3n) is 3.71. The predicted octanol–water partition coefficient (Wildman–Crippen LogP) is 1.56. The fourth-order valence-electron chi connectivity index (χ4n) is 2.61. The molecule has 0 saturated heterocycles. The van der Waals surface area contributed by atoms with Gasteiger partial charge in [-0.15, -0.1) is 11.3 Å². The number of aromatic nitrogens is 5. The summed E-state index contributed by atoms with van der Waals surface area (Å²) in [5, 5.41) is 1.54. The van der Waals surface area contributed by atoms with Crippen LogP contribution < -0.4 is 16.2 Å². The molecule has 0 spiro atoms. The smallest absolute Gasteiger partial charge is 0.260 e. The van der Waals surface area contributed by atoms with Crippen LogP contribution in [0.25, 0.3) is 20.3 Å². The summed E-state index contributed by atoms with van der Waals surface area (Å²) >= 11 is 1.49. The minimum Gasteiger partial charge on any atom is -0.368 e. The number of benzene rings is 1. The Bertz CT molecular complexity index is 1150. The second-order valence-electron chi connectivity index (χ2n) is 5.77. The molecule has 8 nitrogen and oxygen atoms in total. The van der Waals surface area contributed by atoms with Crippen molar-refractivity contribution in [2.45, 2.75) is 6.42 Å². The molecule has 0 atom stereocenters. The van der Waals surface area contributed by atoms with E-state index in [0.717, 1.165) is 10.1 Å². The minimum atomic E-state index is -0.160. The van der Waals surface area contributed by atoms with E-state index in [4.69, 9.17) is 5.73 Å². The second-order valence-corrected chi connectivity index (χ2v) is 6.80. The van der Waals surface area contributed by atoms with Gasteiger partial charge in [0, 0.05) is 24.2 Å². The molecular formula is C16H15N7OS. The van der Waals surface area contributed by atoms with Crippen LogP contribution in [0, 0.1) is 0 Å². The van der Waals surface area contributed by atoms with Gasteiger partial charge in [0.15, 0.2) is 0 Å². The molecule has 4 aromatic rings. The Balaban J connectivity index is 1.80. The number of aromatic amines is 1. The van der Waals surface area contributed by atoms with E-state index in [9.17, 15) is 4.79 Å². The van der Waals surface area contributed by atoms with Gasteiger partial charge in [-0.2, -0.15) is 15.0 Å². The highest BCUT2D eigenvalue weighted by atomic mass is 32.1. The summed E-state index contributed by atoms with van der Waals surface area (Å²) in [5.41, 5.74) is 5.58. The molecule has 0 amide bonds. The lowest BCUT2D eigenvalue weighted by Crippen LogP contribution is -2.17. The number of hydrogen-bond donors (Lipinski definition) is 2. The van der Waals surface area contributed by atoms with Crippen molar-refractivity contribution in [1.29, 1.82) is 0 Å². The van der Waals surface area contributed by atoms with E-state index in [2.05, 4.69) is 24.9 Å². The first kappa shape index (κ1) is 15.5. The molecule has 0 unspecified atom stereocenters. The normalized spacial score (nSPS) is 11.3. The molecule has 3 heterocycles. The molecule has 0 aliphatic heterocycles. The summed E-state index contributed by atoms with van der Waals surface area (Å²) in [6.07, 6.45) is 0.271. The predicted molar refractivity (Wildman–Crippen MR) is 99.1 cm³/mol. The van der Waals surface area contributed by atoms with E-state index in [-0.39, 0.29) is 17.9 Å². The Morgan fingerprint density at radius 3 is 2.76 bits per heavy atom. The van der Waals surface area contributed by atoms with Crippen LogP contribution in [0.5, 0.6) is 0 Å². The average Bonchev–Trinajstić information content (AvgIpc) is 2.92. The molecule has 0 fully saturated rings. The van der Waals surface area contributed by atoms with E-state index in [1.807, 2.05) is 38.4 Å². The summed E-state index contributed by atoms with van der Waals surface area (Å²) in [5.74, 6) is 1.56. The van der Waals surface area contributed by atoms with Gasteiger partial charge in [0.05, 0.1) is 11.8 Å². The molecule has 0 saturated carbocycles. The van der Waals surface area contributed by atoms with Crippen LogP contribution in [0.15, 0.2) is 29.1 Å². The van der Waals surface area contributed by atoms with Crippen LogP contribution in [0.1, 0.15) is 11.6 Å². The number of thiophene rings is 1. The summed E-state index contributed by atoms with van der Waals surface area (Å²) in [7, 11) is 3.64. The molecule has 0 aliphatic carbocycles. The first-order chi connectivity index (χ1) is 12.0. The number of hydrogen-bond acceptors (Lipinski definition) is 8. The van der Waals surface area contributed by atoms with Crippen LogP contribution in [0.3, 0.4) is 0 Å². The van der Waals surface area contributed by atoms with Gasteiger partial charge in [0.25, 0.3) is 5.56 Å². The van der Waals surface area contributed by atoms with Gasteiger partial charge in [0.1, 0.15) is 16.5 Å². The largest absolute Gasteiger partial charge is 0.368 e.